The van der Waals surface area contributed by atoms with E-state index in [2.05, 4.69) is 15.5 Å². The van der Waals surface area contributed by atoms with Gasteiger partial charge in [0.15, 0.2) is 5.16 Å². The molecule has 0 aliphatic carbocycles. The van der Waals surface area contributed by atoms with Crippen molar-refractivity contribution in [3.05, 3.63) is 80.8 Å². The monoisotopic (exact) mass is 491 g/mol. The Labute approximate surface area is 203 Å². The number of nitrogens with zero attached hydrogens (tertiary/aromatic N) is 4. The highest BCUT2D eigenvalue weighted by molar-refractivity contribution is 7.99. The van der Waals surface area contributed by atoms with Crippen LogP contribution in [0.3, 0.4) is 0 Å². The van der Waals surface area contributed by atoms with Gasteiger partial charge < -0.3 is 10.1 Å². The Morgan fingerprint density at radius 3 is 2.79 bits per heavy atom. The number of hydrogen-bond donors (Lipinski definition) is 1. The topological polar surface area (TPSA) is 90.5 Å². The second-order valence-corrected chi connectivity index (χ2v) is 9.57. The molecule has 0 fully saturated rings. The first-order valence-corrected chi connectivity index (χ1v) is 12.4. The van der Waals surface area contributed by atoms with E-state index in [1.165, 1.54) is 16.3 Å². The normalized spacial score (nSPS) is 11.2. The fourth-order valence-electron chi connectivity index (χ4n) is 3.74. The van der Waals surface area contributed by atoms with E-state index < -0.39 is 0 Å². The van der Waals surface area contributed by atoms with Crippen molar-refractivity contribution in [3.63, 3.8) is 0 Å². The van der Waals surface area contributed by atoms with Crippen molar-refractivity contribution >= 4 is 45.7 Å². The summed E-state index contributed by atoms with van der Waals surface area (Å²) >= 11 is 2.87. The predicted molar refractivity (Wildman–Crippen MR) is 134 cm³/mol. The molecule has 0 unspecified atom stereocenters. The van der Waals surface area contributed by atoms with Crippen LogP contribution >= 0.6 is 23.1 Å². The maximum absolute atomic E-state index is 13.6. The molecule has 0 saturated carbocycles. The maximum Gasteiger partial charge on any atom is 0.267 e. The Morgan fingerprint density at radius 1 is 1.15 bits per heavy atom. The fourth-order valence-corrected chi connectivity index (χ4v) is 5.16. The van der Waals surface area contributed by atoms with Crippen LogP contribution < -0.4 is 15.6 Å². The van der Waals surface area contributed by atoms with Gasteiger partial charge in [0.2, 0.25) is 11.7 Å². The number of ether oxygens (including phenoxy) is 1. The van der Waals surface area contributed by atoms with Crippen molar-refractivity contribution in [2.45, 2.75) is 18.6 Å². The van der Waals surface area contributed by atoms with Crippen LogP contribution in [0.4, 0.5) is 0 Å². The van der Waals surface area contributed by atoms with Crippen LogP contribution in [0.25, 0.3) is 22.4 Å². The molecule has 172 valence electrons. The number of amides is 1. The maximum atomic E-state index is 13.6. The summed E-state index contributed by atoms with van der Waals surface area (Å²) in [4.78, 5) is 27.1. The molecule has 10 heteroatoms. The van der Waals surface area contributed by atoms with E-state index in [0.717, 1.165) is 10.4 Å². The standard InChI is InChI=1S/C24H21N5O3S2/c1-15-9-10-20(32-2)19(12-15)28-22(31)17-7-3-4-8-18(17)29-23(28)26-27-24(29)34-14-21(30)25-13-16-6-5-11-33-16/h3-12H,13-14H2,1-2H3,(H,25,30). The Balaban J connectivity index is 1.58. The van der Waals surface area contributed by atoms with E-state index in [1.54, 1.807) is 24.5 Å². The largest absolute Gasteiger partial charge is 0.495 e. The van der Waals surface area contributed by atoms with E-state index in [4.69, 9.17) is 4.74 Å². The predicted octanol–water partition coefficient (Wildman–Crippen LogP) is 3.82. The number of rotatable bonds is 7. The molecule has 0 aliphatic rings. The Morgan fingerprint density at radius 2 is 2.00 bits per heavy atom. The zero-order valence-electron chi connectivity index (χ0n) is 18.5. The summed E-state index contributed by atoms with van der Waals surface area (Å²) in [6, 6.07) is 16.9. The number of thiophene rings is 1. The van der Waals surface area contributed by atoms with Gasteiger partial charge in [0.05, 0.1) is 36.0 Å². The number of methoxy groups -OCH3 is 1. The lowest BCUT2D eigenvalue weighted by atomic mass is 10.2. The van der Waals surface area contributed by atoms with Crippen LogP contribution in [-0.2, 0) is 11.3 Å². The second kappa shape index (κ2) is 9.32. The van der Waals surface area contributed by atoms with Gasteiger partial charge in [-0.15, -0.1) is 21.5 Å². The molecule has 0 spiro atoms. The highest BCUT2D eigenvalue weighted by Crippen LogP contribution is 2.27. The summed E-state index contributed by atoms with van der Waals surface area (Å²) in [5.41, 5.74) is 2.02. The van der Waals surface area contributed by atoms with E-state index in [0.29, 0.717) is 39.8 Å². The summed E-state index contributed by atoms with van der Waals surface area (Å²) in [7, 11) is 1.57. The molecular weight excluding hydrogens is 470 g/mol. The van der Waals surface area contributed by atoms with E-state index in [-0.39, 0.29) is 17.2 Å². The van der Waals surface area contributed by atoms with Crippen molar-refractivity contribution < 1.29 is 9.53 Å². The minimum atomic E-state index is -0.218. The van der Waals surface area contributed by atoms with Crippen molar-refractivity contribution in [1.82, 2.24) is 24.5 Å². The quantitative estimate of drug-likeness (QED) is 0.348. The minimum Gasteiger partial charge on any atom is -0.495 e. The molecular formula is C24H21N5O3S2. The van der Waals surface area contributed by atoms with Gasteiger partial charge in [-0.05, 0) is 48.2 Å². The number of hydrogen-bond acceptors (Lipinski definition) is 7. The van der Waals surface area contributed by atoms with Crippen molar-refractivity contribution in [2.24, 2.45) is 0 Å². The van der Waals surface area contributed by atoms with Gasteiger partial charge in [0.1, 0.15) is 5.75 Å². The third-order valence-corrected chi connectivity index (χ3v) is 7.15. The van der Waals surface area contributed by atoms with Crippen LogP contribution in [0.15, 0.2) is 69.9 Å². The number of aryl methyl sites for hydroxylation is 1. The number of aromatic nitrogens is 4. The average molecular weight is 492 g/mol. The summed E-state index contributed by atoms with van der Waals surface area (Å²) in [6.45, 7) is 2.44. The molecule has 1 amide bonds. The molecule has 2 aromatic carbocycles. The van der Waals surface area contributed by atoms with E-state index in [1.807, 2.05) is 65.2 Å². The zero-order valence-corrected chi connectivity index (χ0v) is 20.2. The lowest BCUT2D eigenvalue weighted by Crippen LogP contribution is -2.24. The molecule has 34 heavy (non-hydrogen) atoms. The number of carbonyl (C=O) groups is 1. The Hall–Kier alpha value is -3.63. The Kier molecular flexibility index (Phi) is 6.08. The lowest BCUT2D eigenvalue weighted by Gasteiger charge is -2.14. The van der Waals surface area contributed by atoms with Gasteiger partial charge in [-0.1, -0.05) is 36.0 Å². The molecule has 0 atom stereocenters. The van der Waals surface area contributed by atoms with Gasteiger partial charge in [-0.2, -0.15) is 0 Å². The number of benzene rings is 2. The van der Waals surface area contributed by atoms with Crippen molar-refractivity contribution in [3.8, 4) is 11.4 Å². The van der Waals surface area contributed by atoms with Crippen LogP contribution in [0, 0.1) is 6.92 Å². The molecule has 3 aromatic heterocycles. The molecule has 1 N–H and O–H groups in total. The van der Waals surface area contributed by atoms with Gasteiger partial charge in [0.25, 0.3) is 5.56 Å². The molecule has 0 bridgehead atoms. The smallest absolute Gasteiger partial charge is 0.267 e. The number of thioether (sulfide) groups is 1. The molecule has 0 radical (unpaired) electrons. The average Bonchev–Trinajstić information content (AvgIpc) is 3.52. The first kappa shape index (κ1) is 22.2. The number of para-hydroxylation sites is 1. The highest BCUT2D eigenvalue weighted by Gasteiger charge is 2.20. The summed E-state index contributed by atoms with van der Waals surface area (Å²) in [6.07, 6.45) is 0. The highest BCUT2D eigenvalue weighted by atomic mass is 32.2. The number of fused-ring (bicyclic) bond motifs is 3. The summed E-state index contributed by atoms with van der Waals surface area (Å²) < 4.78 is 8.87. The van der Waals surface area contributed by atoms with E-state index in [9.17, 15) is 9.59 Å². The molecule has 8 nitrogen and oxygen atoms in total. The first-order valence-electron chi connectivity index (χ1n) is 10.5. The summed E-state index contributed by atoms with van der Waals surface area (Å²) in [5, 5.41) is 14.6. The molecule has 3 heterocycles. The second-order valence-electron chi connectivity index (χ2n) is 7.60. The van der Waals surface area contributed by atoms with Crippen molar-refractivity contribution in [2.75, 3.05) is 12.9 Å². The van der Waals surface area contributed by atoms with Crippen LogP contribution in [0.2, 0.25) is 0 Å². The van der Waals surface area contributed by atoms with Gasteiger partial charge in [0, 0.05) is 4.88 Å². The van der Waals surface area contributed by atoms with Crippen LogP contribution in [-0.4, -0.2) is 37.9 Å². The van der Waals surface area contributed by atoms with Gasteiger partial charge >= 0.3 is 0 Å². The zero-order chi connectivity index (χ0) is 23.7. The fraction of sp³-hybridized carbons (Fsp3) is 0.167. The molecule has 5 rings (SSSR count). The lowest BCUT2D eigenvalue weighted by molar-refractivity contribution is -0.118. The molecule has 0 aliphatic heterocycles. The SMILES string of the molecule is COc1ccc(C)cc1-n1c(=O)c2ccccc2n2c(SCC(=O)NCc3cccs3)nnc12. The first-order chi connectivity index (χ1) is 16.6. The Bertz CT molecular complexity index is 1560. The third kappa shape index (κ3) is 4.06. The number of nitrogens with one attached hydrogen (secondary N) is 1. The molecule has 0 saturated heterocycles. The minimum absolute atomic E-state index is 0.104. The number of carbonyl (C=O) groups excluding carboxylic acids is 1. The van der Waals surface area contributed by atoms with Gasteiger partial charge in [-0.25, -0.2) is 4.57 Å². The molecule has 5 aromatic rings. The van der Waals surface area contributed by atoms with Crippen LogP contribution in [0.1, 0.15) is 10.4 Å². The van der Waals surface area contributed by atoms with E-state index >= 15 is 0 Å². The van der Waals surface area contributed by atoms with Gasteiger partial charge in [-0.3, -0.25) is 14.0 Å². The van der Waals surface area contributed by atoms with Crippen molar-refractivity contribution in [1.29, 1.82) is 0 Å². The third-order valence-electron chi connectivity index (χ3n) is 5.34. The summed E-state index contributed by atoms with van der Waals surface area (Å²) in [5.74, 6) is 0.977. The van der Waals surface area contributed by atoms with Crippen LogP contribution in [0.5, 0.6) is 5.75 Å².